The van der Waals surface area contributed by atoms with Gasteiger partial charge in [-0.25, -0.2) is 0 Å². The van der Waals surface area contributed by atoms with Crippen LogP contribution in [0.5, 0.6) is 0 Å². The van der Waals surface area contributed by atoms with Crippen molar-refractivity contribution >= 4 is 0 Å². The molecular weight excluding hydrogens is 142 g/mol. The van der Waals surface area contributed by atoms with Crippen molar-refractivity contribution in [3.63, 3.8) is 0 Å². The molecule has 0 aliphatic heterocycles. The van der Waals surface area contributed by atoms with E-state index in [1.54, 1.807) is 0 Å². The largest absolute Gasteiger partial charge is 4.00 e. The third-order valence-corrected chi connectivity index (χ3v) is 0. The third-order valence-electron chi connectivity index (χ3n) is 0. The minimum absolute atomic E-state index is 0. The summed E-state index contributed by atoms with van der Waals surface area (Å²) in [4.78, 5) is 0. The fraction of sp³-hybridized carbons (Fsp3) is 0. The summed E-state index contributed by atoms with van der Waals surface area (Å²) < 4.78 is 0. The minimum Gasteiger partial charge on any atom is -1.00 e. The molecule has 0 heterocycles. The van der Waals surface area contributed by atoms with Crippen LogP contribution in [-0.2, 0) is 21.7 Å². The first-order valence-electron chi connectivity index (χ1n) is 0. The zero-order chi connectivity index (χ0) is 0. The van der Waals surface area contributed by atoms with Crippen LogP contribution in [0.15, 0.2) is 0 Å². The van der Waals surface area contributed by atoms with E-state index in [1.165, 1.54) is 0 Å². The van der Waals surface area contributed by atoms with Gasteiger partial charge >= 0.3 is 51.3 Å². The fourth-order valence-electron chi connectivity index (χ4n) is 0. The molecule has 0 amide bonds. The molecule has 0 rings (SSSR count). The number of rotatable bonds is 0. The Kier molecular flexibility index (Phi) is 155. The Labute approximate surface area is 75.1 Å². The van der Waals surface area contributed by atoms with Gasteiger partial charge in [0.1, 0.15) is 0 Å². The predicted octanol–water partition coefficient (Wildman–Crippen LogP) is -8.99. The summed E-state index contributed by atoms with van der Waals surface area (Å²) in [6, 6.07) is 0. The SMILES string of the molecule is [Cl-].[Cl-].[Na+].[Ti+4]. The van der Waals surface area contributed by atoms with Crippen molar-refractivity contribution in [3.8, 4) is 0 Å². The molecule has 0 spiro atoms. The van der Waals surface area contributed by atoms with Crippen LogP contribution >= 0.6 is 0 Å². The smallest absolute Gasteiger partial charge is 1.00 e. The summed E-state index contributed by atoms with van der Waals surface area (Å²) in [7, 11) is 0. The molecule has 0 saturated heterocycles. The van der Waals surface area contributed by atoms with Crippen LogP contribution in [0.3, 0.4) is 0 Å². The number of halogens is 2. The quantitative estimate of drug-likeness (QED) is 0.294. The van der Waals surface area contributed by atoms with E-state index in [0.717, 1.165) is 0 Å². The molecule has 16 valence electrons. The normalized spacial score (nSPS) is 0. The Bertz CT molecular complexity index is 6.00. The van der Waals surface area contributed by atoms with Gasteiger partial charge in [0.25, 0.3) is 0 Å². The molecule has 0 unspecified atom stereocenters. The molecule has 0 aromatic carbocycles. The summed E-state index contributed by atoms with van der Waals surface area (Å²) >= 11 is 0. The Balaban J connectivity index is 0. The molecule has 0 radical (unpaired) electrons. The second-order valence-corrected chi connectivity index (χ2v) is 0. The molecule has 0 N–H and O–H groups in total. The summed E-state index contributed by atoms with van der Waals surface area (Å²) in [5.41, 5.74) is 0. The van der Waals surface area contributed by atoms with E-state index in [-0.39, 0.29) is 76.1 Å². The first-order valence-corrected chi connectivity index (χ1v) is 0. The Morgan fingerprint density at radius 2 is 0.750 bits per heavy atom. The summed E-state index contributed by atoms with van der Waals surface area (Å²) in [6.45, 7) is 0. The Morgan fingerprint density at radius 3 is 0.750 bits per heavy atom. The van der Waals surface area contributed by atoms with E-state index in [1.807, 2.05) is 0 Å². The molecule has 0 saturated carbocycles. The fourth-order valence-corrected chi connectivity index (χ4v) is 0. The van der Waals surface area contributed by atoms with Crippen LogP contribution in [0, 0.1) is 0 Å². The van der Waals surface area contributed by atoms with Gasteiger partial charge in [-0.05, 0) is 0 Å². The molecular formula is Cl2NaTi+3. The predicted molar refractivity (Wildman–Crippen MR) is 0 cm³/mol. The Hall–Kier alpha value is 2.29. The van der Waals surface area contributed by atoms with E-state index in [2.05, 4.69) is 0 Å². The first-order chi connectivity index (χ1) is 0. The average Bonchev–Trinajstić information content (AvgIpc) is 0. The average molecular weight is 142 g/mol. The Morgan fingerprint density at radius 1 is 0.750 bits per heavy atom. The first kappa shape index (κ1) is 33.5. The van der Waals surface area contributed by atoms with Gasteiger partial charge in [-0.1, -0.05) is 0 Å². The van der Waals surface area contributed by atoms with Gasteiger partial charge in [0, 0.05) is 0 Å². The third kappa shape index (κ3) is 8.85. The van der Waals surface area contributed by atoms with Crippen LogP contribution in [0.25, 0.3) is 0 Å². The monoisotopic (exact) mass is 141 g/mol. The number of hydrogen-bond donors (Lipinski definition) is 0. The summed E-state index contributed by atoms with van der Waals surface area (Å²) in [6.07, 6.45) is 0. The van der Waals surface area contributed by atoms with Crippen molar-refractivity contribution in [2.75, 3.05) is 0 Å². The van der Waals surface area contributed by atoms with Gasteiger partial charge in [0.05, 0.1) is 0 Å². The molecule has 0 aromatic rings. The van der Waals surface area contributed by atoms with Crippen molar-refractivity contribution < 1.29 is 76.1 Å². The molecule has 0 nitrogen and oxygen atoms in total. The molecule has 0 bridgehead atoms. The van der Waals surface area contributed by atoms with Gasteiger partial charge in [-0.2, -0.15) is 0 Å². The maximum absolute atomic E-state index is 0. The maximum Gasteiger partial charge on any atom is 4.00 e. The molecule has 4 heteroatoms. The van der Waals surface area contributed by atoms with Crippen molar-refractivity contribution in [1.82, 2.24) is 0 Å². The second kappa shape index (κ2) is 18.5. The van der Waals surface area contributed by atoms with Crippen LogP contribution < -0.4 is 54.4 Å². The van der Waals surface area contributed by atoms with Crippen molar-refractivity contribution in [1.29, 1.82) is 0 Å². The molecule has 0 aliphatic carbocycles. The van der Waals surface area contributed by atoms with E-state index >= 15 is 0 Å². The van der Waals surface area contributed by atoms with Crippen LogP contribution in [-0.4, -0.2) is 0 Å². The van der Waals surface area contributed by atoms with Crippen LogP contribution in [0.1, 0.15) is 0 Å². The zero-order valence-corrected chi connectivity index (χ0v) is 7.33. The van der Waals surface area contributed by atoms with Gasteiger partial charge in [0.15, 0.2) is 0 Å². The van der Waals surface area contributed by atoms with Gasteiger partial charge in [0.2, 0.25) is 0 Å². The topological polar surface area (TPSA) is 0 Å². The molecule has 0 aromatic heterocycles. The van der Waals surface area contributed by atoms with Crippen molar-refractivity contribution in [2.45, 2.75) is 0 Å². The van der Waals surface area contributed by atoms with Crippen molar-refractivity contribution in [2.24, 2.45) is 0 Å². The van der Waals surface area contributed by atoms with E-state index in [9.17, 15) is 0 Å². The van der Waals surface area contributed by atoms with Gasteiger partial charge in [-0.3, -0.25) is 0 Å². The van der Waals surface area contributed by atoms with E-state index < -0.39 is 0 Å². The molecule has 0 atom stereocenters. The molecule has 4 heavy (non-hydrogen) atoms. The van der Waals surface area contributed by atoms with Gasteiger partial charge < -0.3 is 24.8 Å². The van der Waals surface area contributed by atoms with Crippen molar-refractivity contribution in [3.05, 3.63) is 0 Å². The molecule has 0 aliphatic rings. The maximum atomic E-state index is 0. The zero-order valence-electron chi connectivity index (χ0n) is 2.26. The van der Waals surface area contributed by atoms with Crippen LogP contribution in [0.4, 0.5) is 0 Å². The van der Waals surface area contributed by atoms with E-state index in [0.29, 0.717) is 0 Å². The standard InChI is InChI=1S/2ClH.Na.Ti/h2*1H;;/q;;+1;+4/p-2. The van der Waals surface area contributed by atoms with E-state index in [4.69, 9.17) is 0 Å². The summed E-state index contributed by atoms with van der Waals surface area (Å²) in [5, 5.41) is 0. The number of hydrogen-bond acceptors (Lipinski definition) is 0. The molecule has 0 fully saturated rings. The second-order valence-electron chi connectivity index (χ2n) is 0. The van der Waals surface area contributed by atoms with Gasteiger partial charge in [-0.15, -0.1) is 0 Å². The van der Waals surface area contributed by atoms with Crippen LogP contribution in [0.2, 0.25) is 0 Å². The summed E-state index contributed by atoms with van der Waals surface area (Å²) in [5.74, 6) is 0. The minimum atomic E-state index is 0.